The van der Waals surface area contributed by atoms with Crippen molar-refractivity contribution in [3.63, 3.8) is 0 Å². The van der Waals surface area contributed by atoms with Crippen molar-refractivity contribution in [1.29, 1.82) is 0 Å². The Morgan fingerprint density at radius 3 is 2.56 bits per heavy atom. The molecule has 1 aliphatic rings. The van der Waals surface area contributed by atoms with E-state index < -0.39 is 0 Å². The molecule has 1 atom stereocenters. The second-order valence-electron chi connectivity index (χ2n) is 5.28. The van der Waals surface area contributed by atoms with Crippen molar-refractivity contribution in [2.75, 3.05) is 14.1 Å². The van der Waals surface area contributed by atoms with Gasteiger partial charge in [0, 0.05) is 25.9 Å². The average molecular weight is 243 g/mol. The van der Waals surface area contributed by atoms with Gasteiger partial charge in [-0.15, -0.1) is 0 Å². The Morgan fingerprint density at radius 2 is 2.00 bits per heavy atom. The highest BCUT2D eigenvalue weighted by Crippen LogP contribution is 2.38. The Bertz CT molecular complexity index is 436. The third-order valence-corrected chi connectivity index (χ3v) is 3.74. The third-order valence-electron chi connectivity index (χ3n) is 3.74. The van der Waals surface area contributed by atoms with Gasteiger partial charge >= 0.3 is 0 Å². The standard InChI is InChI=1S/C16H21NO/c1-17(2)15(18)13-16(11-7-4-8-12-16)14-9-5-3-6-10-14/h3,5-7,9-11H,4,8,12-13H2,1-2H3/t16-/m0/s1. The number of nitrogens with zero attached hydrogens (tertiary/aromatic N) is 1. The normalized spacial score (nSPS) is 22.8. The van der Waals surface area contributed by atoms with Gasteiger partial charge < -0.3 is 4.90 Å². The molecule has 2 heteroatoms. The first-order valence-corrected chi connectivity index (χ1v) is 6.57. The summed E-state index contributed by atoms with van der Waals surface area (Å²) in [4.78, 5) is 13.8. The molecule has 0 fully saturated rings. The molecule has 0 bridgehead atoms. The van der Waals surface area contributed by atoms with Crippen LogP contribution in [0.25, 0.3) is 0 Å². The van der Waals surface area contributed by atoms with Crippen LogP contribution in [-0.4, -0.2) is 24.9 Å². The Labute approximate surface area is 109 Å². The highest BCUT2D eigenvalue weighted by molar-refractivity contribution is 5.77. The van der Waals surface area contributed by atoms with E-state index in [1.165, 1.54) is 5.56 Å². The van der Waals surface area contributed by atoms with Gasteiger partial charge in [0.05, 0.1) is 0 Å². The van der Waals surface area contributed by atoms with Crippen LogP contribution >= 0.6 is 0 Å². The largest absolute Gasteiger partial charge is 0.349 e. The van der Waals surface area contributed by atoms with Gasteiger partial charge in [-0.05, 0) is 24.8 Å². The highest BCUT2D eigenvalue weighted by Gasteiger charge is 2.33. The van der Waals surface area contributed by atoms with E-state index in [2.05, 4.69) is 36.4 Å². The fourth-order valence-electron chi connectivity index (χ4n) is 2.62. The van der Waals surface area contributed by atoms with Gasteiger partial charge in [-0.3, -0.25) is 4.79 Å². The number of hydrogen-bond donors (Lipinski definition) is 0. The van der Waals surface area contributed by atoms with Crippen LogP contribution in [-0.2, 0) is 10.2 Å². The van der Waals surface area contributed by atoms with Crippen molar-refractivity contribution in [2.45, 2.75) is 31.1 Å². The maximum atomic E-state index is 12.1. The van der Waals surface area contributed by atoms with E-state index in [0.717, 1.165) is 19.3 Å². The van der Waals surface area contributed by atoms with Gasteiger partial charge in [0.15, 0.2) is 0 Å². The van der Waals surface area contributed by atoms with Crippen molar-refractivity contribution >= 4 is 5.91 Å². The lowest BCUT2D eigenvalue weighted by molar-refractivity contribution is -0.129. The fourth-order valence-corrected chi connectivity index (χ4v) is 2.62. The minimum absolute atomic E-state index is 0.0964. The number of amides is 1. The summed E-state index contributed by atoms with van der Waals surface area (Å²) >= 11 is 0. The third kappa shape index (κ3) is 2.63. The van der Waals surface area contributed by atoms with E-state index in [9.17, 15) is 4.79 Å². The lowest BCUT2D eigenvalue weighted by atomic mass is 9.71. The molecule has 0 unspecified atom stereocenters. The number of carbonyl (C=O) groups excluding carboxylic acids is 1. The number of allylic oxidation sites excluding steroid dienone is 2. The summed E-state index contributed by atoms with van der Waals surface area (Å²) in [5.74, 6) is 0.199. The lowest BCUT2D eigenvalue weighted by Gasteiger charge is -2.34. The molecule has 1 aromatic carbocycles. The van der Waals surface area contributed by atoms with Crippen molar-refractivity contribution in [1.82, 2.24) is 4.90 Å². The summed E-state index contributed by atoms with van der Waals surface area (Å²) in [6.07, 6.45) is 8.39. The van der Waals surface area contributed by atoms with Crippen LogP contribution in [0.5, 0.6) is 0 Å². The van der Waals surface area contributed by atoms with Gasteiger partial charge in [0.25, 0.3) is 0 Å². The zero-order valence-electron chi connectivity index (χ0n) is 11.2. The molecule has 2 nitrogen and oxygen atoms in total. The SMILES string of the molecule is CN(C)C(=O)C[C@]1(c2ccccc2)C=CCCC1. The summed E-state index contributed by atoms with van der Waals surface area (Å²) in [6.45, 7) is 0. The molecule has 0 saturated carbocycles. The summed E-state index contributed by atoms with van der Waals surface area (Å²) in [5.41, 5.74) is 1.16. The van der Waals surface area contributed by atoms with Crippen molar-refractivity contribution in [2.24, 2.45) is 0 Å². The van der Waals surface area contributed by atoms with Crippen LogP contribution in [0.15, 0.2) is 42.5 Å². The zero-order valence-corrected chi connectivity index (χ0v) is 11.2. The molecule has 1 aromatic rings. The smallest absolute Gasteiger partial charge is 0.223 e. The van der Waals surface area contributed by atoms with E-state index in [1.54, 1.807) is 4.90 Å². The monoisotopic (exact) mass is 243 g/mol. The Morgan fingerprint density at radius 1 is 1.28 bits per heavy atom. The molecule has 0 aromatic heterocycles. The van der Waals surface area contributed by atoms with E-state index in [1.807, 2.05) is 20.2 Å². The Hall–Kier alpha value is -1.57. The van der Waals surface area contributed by atoms with Crippen LogP contribution in [0, 0.1) is 0 Å². The van der Waals surface area contributed by atoms with E-state index in [0.29, 0.717) is 6.42 Å². The van der Waals surface area contributed by atoms with Crippen LogP contribution < -0.4 is 0 Å². The lowest BCUT2D eigenvalue weighted by Crippen LogP contribution is -2.34. The minimum Gasteiger partial charge on any atom is -0.349 e. The molecule has 0 spiro atoms. The van der Waals surface area contributed by atoms with Gasteiger partial charge in [0.2, 0.25) is 5.91 Å². The molecule has 0 radical (unpaired) electrons. The highest BCUT2D eigenvalue weighted by atomic mass is 16.2. The topological polar surface area (TPSA) is 20.3 Å². The summed E-state index contributed by atoms with van der Waals surface area (Å²) < 4.78 is 0. The van der Waals surface area contributed by atoms with Crippen LogP contribution in [0.1, 0.15) is 31.2 Å². The predicted octanol–water partition coefficient (Wildman–Crippen LogP) is 3.14. The molecule has 96 valence electrons. The molecule has 0 aliphatic heterocycles. The first-order chi connectivity index (χ1) is 8.64. The molecule has 18 heavy (non-hydrogen) atoms. The van der Waals surface area contributed by atoms with Gasteiger partial charge in [-0.25, -0.2) is 0 Å². The predicted molar refractivity (Wildman–Crippen MR) is 74.4 cm³/mol. The van der Waals surface area contributed by atoms with E-state index in [-0.39, 0.29) is 11.3 Å². The summed E-state index contributed by atoms with van der Waals surface area (Å²) in [7, 11) is 3.65. The quantitative estimate of drug-likeness (QED) is 0.747. The van der Waals surface area contributed by atoms with Crippen LogP contribution in [0.2, 0.25) is 0 Å². The first kappa shape index (κ1) is 12.9. The Balaban J connectivity index is 2.32. The zero-order chi connectivity index (χ0) is 13.0. The molecular formula is C16H21NO. The van der Waals surface area contributed by atoms with Crippen LogP contribution in [0.4, 0.5) is 0 Å². The fraction of sp³-hybridized carbons (Fsp3) is 0.438. The molecular weight excluding hydrogens is 222 g/mol. The van der Waals surface area contributed by atoms with Crippen LogP contribution in [0.3, 0.4) is 0 Å². The maximum Gasteiger partial charge on any atom is 0.223 e. The van der Waals surface area contributed by atoms with Gasteiger partial charge in [-0.2, -0.15) is 0 Å². The Kier molecular flexibility index (Phi) is 3.85. The maximum absolute atomic E-state index is 12.1. The molecule has 0 saturated heterocycles. The average Bonchev–Trinajstić information content (AvgIpc) is 2.40. The second-order valence-corrected chi connectivity index (χ2v) is 5.28. The van der Waals surface area contributed by atoms with Crippen molar-refractivity contribution in [3.05, 3.63) is 48.0 Å². The molecule has 1 amide bonds. The molecule has 2 rings (SSSR count). The van der Waals surface area contributed by atoms with Gasteiger partial charge in [-0.1, -0.05) is 42.5 Å². The molecule has 1 aliphatic carbocycles. The number of carbonyl (C=O) groups is 1. The molecule has 0 N–H and O–H groups in total. The summed E-state index contributed by atoms with van der Waals surface area (Å²) in [6, 6.07) is 10.4. The molecule has 0 heterocycles. The number of rotatable bonds is 3. The van der Waals surface area contributed by atoms with E-state index >= 15 is 0 Å². The number of benzene rings is 1. The van der Waals surface area contributed by atoms with E-state index in [4.69, 9.17) is 0 Å². The van der Waals surface area contributed by atoms with Gasteiger partial charge in [0.1, 0.15) is 0 Å². The van der Waals surface area contributed by atoms with Crippen molar-refractivity contribution in [3.8, 4) is 0 Å². The minimum atomic E-state index is -0.0964. The second kappa shape index (κ2) is 5.38. The van der Waals surface area contributed by atoms with Crippen molar-refractivity contribution < 1.29 is 4.79 Å². The summed E-state index contributed by atoms with van der Waals surface area (Å²) in [5, 5.41) is 0. The first-order valence-electron chi connectivity index (χ1n) is 6.57. The number of hydrogen-bond acceptors (Lipinski definition) is 1.